The molecule has 2 fully saturated rings. The van der Waals surface area contributed by atoms with Gasteiger partial charge in [0.15, 0.2) is 0 Å². The van der Waals surface area contributed by atoms with E-state index in [1.807, 2.05) is 0 Å². The number of nitrogens with zero attached hydrogens (tertiary/aromatic N) is 2. The van der Waals surface area contributed by atoms with E-state index in [-0.39, 0.29) is 18.0 Å². The van der Waals surface area contributed by atoms with E-state index in [1.165, 1.54) is 16.9 Å². The minimum atomic E-state index is -0.948. The zero-order chi connectivity index (χ0) is 25.5. The van der Waals surface area contributed by atoms with E-state index >= 15 is 0 Å². The molecule has 1 unspecified atom stereocenters. The maximum atomic E-state index is 14.1. The first-order valence-electron chi connectivity index (χ1n) is 12.2. The van der Waals surface area contributed by atoms with Crippen molar-refractivity contribution in [1.82, 2.24) is 9.80 Å². The first kappa shape index (κ1) is 26.6. The van der Waals surface area contributed by atoms with Crippen molar-refractivity contribution in [3.05, 3.63) is 47.2 Å². The fourth-order valence-electron chi connectivity index (χ4n) is 4.94. The Bertz CT molecular complexity index is 939. The maximum absolute atomic E-state index is 14.1. The summed E-state index contributed by atoms with van der Waals surface area (Å²) in [6, 6.07) is 1.15. The van der Waals surface area contributed by atoms with E-state index in [0.717, 1.165) is 56.7 Å². The molecule has 192 valence electrons. The van der Waals surface area contributed by atoms with E-state index in [9.17, 15) is 23.2 Å². The largest absolute Gasteiger partial charge is 0.468 e. The number of rotatable bonds is 6. The fraction of sp³-hybridized carbons (Fsp3) is 0.577. The fourth-order valence-corrected chi connectivity index (χ4v) is 4.94. The van der Waals surface area contributed by atoms with Crippen LogP contribution >= 0.6 is 0 Å². The number of carbonyl (C=O) groups is 3. The van der Waals surface area contributed by atoms with Crippen molar-refractivity contribution in [1.29, 1.82) is 0 Å². The molecule has 2 aliphatic rings. The lowest BCUT2D eigenvalue weighted by molar-refractivity contribution is -0.155. The third-order valence-electron chi connectivity index (χ3n) is 6.91. The average molecular weight is 493 g/mol. The molecular weight excluding hydrogens is 458 g/mol. The molecule has 2 amide bonds. The molecule has 1 saturated heterocycles. The van der Waals surface area contributed by atoms with Gasteiger partial charge in [-0.25, -0.2) is 13.6 Å². The van der Waals surface area contributed by atoms with Crippen molar-refractivity contribution in [2.45, 2.75) is 70.9 Å². The molecule has 7 nitrogen and oxygen atoms in total. The highest BCUT2D eigenvalue weighted by Gasteiger charge is 2.45. The quantitative estimate of drug-likeness (QED) is 0.313. The Morgan fingerprint density at radius 3 is 2.29 bits per heavy atom. The number of methoxy groups -OCH3 is 1. The lowest BCUT2D eigenvalue weighted by Gasteiger charge is -2.45. The Morgan fingerprint density at radius 2 is 1.71 bits per heavy atom. The normalized spacial score (nSPS) is 22.1. The average Bonchev–Trinajstić information content (AvgIpc) is 3.09. The summed E-state index contributed by atoms with van der Waals surface area (Å²) in [6.45, 7) is 2.89. The lowest BCUT2D eigenvalue weighted by atomic mass is 9.88. The van der Waals surface area contributed by atoms with Crippen LogP contribution < -0.4 is 0 Å². The monoisotopic (exact) mass is 492 g/mol. The molecule has 1 aromatic carbocycles. The number of hydrogen-bond acceptors (Lipinski definition) is 5. The minimum Gasteiger partial charge on any atom is -0.468 e. The number of hydrogen-bond donors (Lipinski definition) is 0. The highest BCUT2D eigenvalue weighted by atomic mass is 19.1. The molecular formula is C26H34F2N2O5. The molecule has 1 saturated carbocycles. The van der Waals surface area contributed by atoms with Gasteiger partial charge in [-0.1, -0.05) is 38.5 Å². The lowest BCUT2D eigenvalue weighted by Crippen LogP contribution is -2.61. The third-order valence-corrected chi connectivity index (χ3v) is 6.91. The molecule has 0 aromatic heterocycles. The molecule has 9 heteroatoms. The van der Waals surface area contributed by atoms with Gasteiger partial charge in [0.2, 0.25) is 5.91 Å². The van der Waals surface area contributed by atoms with Crippen LogP contribution in [-0.4, -0.2) is 54.0 Å². The molecule has 0 radical (unpaired) electrons. The number of amides is 2. The van der Waals surface area contributed by atoms with E-state index in [4.69, 9.17) is 9.47 Å². The molecule has 1 aliphatic carbocycles. The van der Waals surface area contributed by atoms with Gasteiger partial charge in [0, 0.05) is 12.6 Å². The molecule has 0 N–H and O–H groups in total. The number of ether oxygens (including phenoxy) is 2. The van der Waals surface area contributed by atoms with E-state index in [1.54, 1.807) is 19.9 Å². The topological polar surface area (TPSA) is 76.2 Å². The minimum absolute atomic E-state index is 0.0706. The molecule has 1 aliphatic heterocycles. The van der Waals surface area contributed by atoms with Crippen LogP contribution in [0.3, 0.4) is 0 Å². The molecule has 1 aromatic rings. The smallest absolute Gasteiger partial charge is 0.415 e. The van der Waals surface area contributed by atoms with E-state index < -0.39 is 48.2 Å². The van der Waals surface area contributed by atoms with Gasteiger partial charge in [-0.05, 0) is 50.0 Å². The number of carbonyl (C=O) groups excluding carboxylic acids is 3. The van der Waals surface area contributed by atoms with Crippen molar-refractivity contribution in [3.8, 4) is 0 Å². The zero-order valence-electron chi connectivity index (χ0n) is 20.6. The van der Waals surface area contributed by atoms with Crippen LogP contribution in [0, 0.1) is 17.6 Å². The number of esters is 1. The highest BCUT2D eigenvalue weighted by Crippen LogP contribution is 2.35. The second-order valence-corrected chi connectivity index (χ2v) is 9.29. The van der Waals surface area contributed by atoms with Crippen LogP contribution in [0.1, 0.15) is 70.4 Å². The summed E-state index contributed by atoms with van der Waals surface area (Å²) in [5.74, 6) is -2.13. The Morgan fingerprint density at radius 1 is 1.09 bits per heavy atom. The van der Waals surface area contributed by atoms with Gasteiger partial charge in [0.05, 0.1) is 13.2 Å². The Labute approximate surface area is 205 Å². The van der Waals surface area contributed by atoms with Crippen molar-refractivity contribution < 1.29 is 32.6 Å². The highest BCUT2D eigenvalue weighted by molar-refractivity contribution is 5.90. The molecule has 3 rings (SSSR count). The number of piperazine rings is 1. The Kier molecular flexibility index (Phi) is 9.23. The van der Waals surface area contributed by atoms with Gasteiger partial charge in [-0.3, -0.25) is 14.5 Å². The summed E-state index contributed by atoms with van der Waals surface area (Å²) in [4.78, 5) is 41.8. The van der Waals surface area contributed by atoms with Crippen molar-refractivity contribution >= 4 is 18.0 Å². The summed E-state index contributed by atoms with van der Waals surface area (Å²) >= 11 is 0. The molecule has 35 heavy (non-hydrogen) atoms. The predicted molar refractivity (Wildman–Crippen MR) is 125 cm³/mol. The van der Waals surface area contributed by atoms with Gasteiger partial charge < -0.3 is 14.4 Å². The van der Waals surface area contributed by atoms with Crippen LogP contribution in [-0.2, 0) is 19.1 Å². The second kappa shape index (κ2) is 12.1. The predicted octanol–water partition coefficient (Wildman–Crippen LogP) is 5.11. The van der Waals surface area contributed by atoms with Crippen molar-refractivity contribution in [2.75, 3.05) is 20.2 Å². The van der Waals surface area contributed by atoms with Crippen LogP contribution in [0.5, 0.6) is 0 Å². The van der Waals surface area contributed by atoms with E-state index in [0.29, 0.717) is 12.2 Å². The van der Waals surface area contributed by atoms with Crippen molar-refractivity contribution in [3.63, 3.8) is 0 Å². The summed E-state index contributed by atoms with van der Waals surface area (Å²) in [5.41, 5.74) is 0.147. The summed E-state index contributed by atoms with van der Waals surface area (Å²) < 4.78 is 38.4. The van der Waals surface area contributed by atoms with Gasteiger partial charge in [0.25, 0.3) is 0 Å². The second-order valence-electron chi connectivity index (χ2n) is 9.29. The standard InChI is InChI=1S/C26H34F2N2O5/c1-4-17(2)35-26(33)30-15-23(19-12-20(27)14-21(28)13-19)29(16-24(31)34-3)25(32)22(30)11-18-9-7-5-6-8-10-18/h4,12-14,18,22-23H,5-11,15-16H2,1-3H3/b17-4+/t22-,23?/m1/s1. The number of allylic oxidation sites excluding steroid dienone is 2. The first-order valence-corrected chi connectivity index (χ1v) is 12.2. The van der Waals surface area contributed by atoms with E-state index in [2.05, 4.69) is 0 Å². The molecule has 2 atom stereocenters. The number of benzene rings is 1. The van der Waals surface area contributed by atoms with Crippen LogP contribution in [0.15, 0.2) is 30.0 Å². The SMILES string of the molecule is C/C=C(\C)OC(=O)N1CC(c2cc(F)cc(F)c2)N(CC(=O)OC)C(=O)[C@H]1CC1CCCCCC1. The Hall–Kier alpha value is -2.97. The zero-order valence-corrected chi connectivity index (χ0v) is 20.6. The first-order chi connectivity index (χ1) is 16.7. The van der Waals surface area contributed by atoms with Gasteiger partial charge in [-0.15, -0.1) is 0 Å². The van der Waals surface area contributed by atoms with Crippen LogP contribution in [0.2, 0.25) is 0 Å². The van der Waals surface area contributed by atoms with Crippen molar-refractivity contribution in [2.24, 2.45) is 5.92 Å². The summed E-state index contributed by atoms with van der Waals surface area (Å²) in [7, 11) is 1.21. The Balaban J connectivity index is 2.00. The summed E-state index contributed by atoms with van der Waals surface area (Å²) in [6.07, 6.45) is 7.68. The van der Waals surface area contributed by atoms with Gasteiger partial charge >= 0.3 is 12.1 Å². The van der Waals surface area contributed by atoms with Crippen LogP contribution in [0.25, 0.3) is 0 Å². The van der Waals surface area contributed by atoms with Gasteiger partial charge in [-0.2, -0.15) is 0 Å². The molecule has 0 bridgehead atoms. The van der Waals surface area contributed by atoms with Gasteiger partial charge in [0.1, 0.15) is 30.0 Å². The summed E-state index contributed by atoms with van der Waals surface area (Å²) in [5, 5.41) is 0. The number of halogens is 2. The maximum Gasteiger partial charge on any atom is 0.415 e. The molecule has 1 heterocycles. The molecule has 0 spiro atoms. The van der Waals surface area contributed by atoms with Crippen LogP contribution in [0.4, 0.5) is 13.6 Å². The third kappa shape index (κ3) is 6.80.